The minimum atomic E-state index is -0.927. The van der Waals surface area contributed by atoms with Gasteiger partial charge in [-0.25, -0.2) is 9.96 Å². The van der Waals surface area contributed by atoms with Gasteiger partial charge in [0.05, 0.1) is 24.5 Å². The van der Waals surface area contributed by atoms with Crippen molar-refractivity contribution in [2.75, 3.05) is 36.1 Å². The summed E-state index contributed by atoms with van der Waals surface area (Å²) in [5, 5.41) is 2.25. The summed E-state index contributed by atoms with van der Waals surface area (Å²) in [5.74, 6) is -0.729. The third-order valence-electron chi connectivity index (χ3n) is 6.28. The topological polar surface area (TPSA) is 62.3 Å². The van der Waals surface area contributed by atoms with E-state index in [1.54, 1.807) is 48.6 Å². The molecule has 2 amide bonds. The summed E-state index contributed by atoms with van der Waals surface area (Å²) in [7, 11) is 5.50. The highest BCUT2D eigenvalue weighted by molar-refractivity contribution is 6.30. The van der Waals surface area contributed by atoms with Gasteiger partial charge in [0.1, 0.15) is 11.7 Å². The van der Waals surface area contributed by atoms with Gasteiger partial charge < -0.3 is 9.64 Å². The second-order valence-electron chi connectivity index (χ2n) is 8.49. The van der Waals surface area contributed by atoms with E-state index in [0.29, 0.717) is 16.5 Å². The number of hydroxylamine groups is 1. The lowest BCUT2D eigenvalue weighted by atomic mass is 9.90. The van der Waals surface area contributed by atoms with E-state index >= 15 is 0 Å². The van der Waals surface area contributed by atoms with E-state index in [4.69, 9.17) is 21.2 Å². The number of imide groups is 1. The van der Waals surface area contributed by atoms with E-state index < -0.39 is 18.1 Å². The molecule has 2 aliphatic rings. The lowest BCUT2D eigenvalue weighted by Crippen LogP contribution is -2.37. The number of nitrogens with zero attached hydrogens (tertiary/aromatic N) is 3. The number of methoxy groups -OCH3 is 1. The van der Waals surface area contributed by atoms with Crippen LogP contribution in [0.2, 0.25) is 5.02 Å². The van der Waals surface area contributed by atoms with Gasteiger partial charge in [0.2, 0.25) is 5.91 Å². The van der Waals surface area contributed by atoms with Gasteiger partial charge in [-0.1, -0.05) is 23.7 Å². The Morgan fingerprint density at radius 1 is 0.853 bits per heavy atom. The lowest BCUT2D eigenvalue weighted by Gasteiger charge is -2.29. The van der Waals surface area contributed by atoms with Crippen LogP contribution in [0.5, 0.6) is 5.75 Å². The standard InChI is InChI=1S/C26H24ClN3O4/c1-28(2)18-8-4-16(5-9-18)23-22-24(34-30(23)20-10-6-17(27)7-11-20)26(32)29(25(22)31)19-12-14-21(33-3)15-13-19/h4-15,22-24H,1-3H3/t22-,23+,24-/m1/s1. The molecule has 0 saturated carbocycles. The Labute approximate surface area is 203 Å². The van der Waals surface area contributed by atoms with Crippen LogP contribution in [0.25, 0.3) is 0 Å². The highest BCUT2D eigenvalue weighted by atomic mass is 35.5. The second kappa shape index (κ2) is 8.66. The number of hydrogen-bond acceptors (Lipinski definition) is 6. The zero-order valence-corrected chi connectivity index (χ0v) is 19.8. The van der Waals surface area contributed by atoms with Crippen LogP contribution in [0.4, 0.5) is 17.1 Å². The maximum atomic E-state index is 13.7. The molecule has 2 fully saturated rings. The molecule has 0 aliphatic carbocycles. The van der Waals surface area contributed by atoms with E-state index in [-0.39, 0.29) is 11.8 Å². The van der Waals surface area contributed by atoms with Crippen LogP contribution in [0, 0.1) is 5.92 Å². The predicted molar refractivity (Wildman–Crippen MR) is 131 cm³/mol. The van der Waals surface area contributed by atoms with E-state index in [0.717, 1.165) is 16.9 Å². The van der Waals surface area contributed by atoms with Crippen molar-refractivity contribution in [1.82, 2.24) is 0 Å². The van der Waals surface area contributed by atoms with Crippen LogP contribution in [0.15, 0.2) is 72.8 Å². The molecule has 0 aromatic heterocycles. The van der Waals surface area contributed by atoms with Crippen LogP contribution < -0.4 is 19.6 Å². The Hall–Kier alpha value is -3.55. The third-order valence-corrected chi connectivity index (χ3v) is 6.53. The molecule has 2 heterocycles. The van der Waals surface area contributed by atoms with Crippen molar-refractivity contribution in [2.45, 2.75) is 12.1 Å². The molecule has 7 nitrogen and oxygen atoms in total. The summed E-state index contributed by atoms with van der Waals surface area (Å²) in [5.41, 5.74) is 3.13. The van der Waals surface area contributed by atoms with Crippen molar-refractivity contribution < 1.29 is 19.2 Å². The monoisotopic (exact) mass is 477 g/mol. The molecular formula is C26H24ClN3O4. The average Bonchev–Trinajstić information content (AvgIpc) is 3.35. The predicted octanol–water partition coefficient (Wildman–Crippen LogP) is 4.47. The number of carbonyl (C=O) groups is 2. The molecule has 2 aliphatic heterocycles. The quantitative estimate of drug-likeness (QED) is 0.505. The summed E-state index contributed by atoms with van der Waals surface area (Å²) < 4.78 is 5.20. The number of halogens is 1. The highest BCUT2D eigenvalue weighted by Crippen LogP contribution is 2.48. The number of hydrogen-bond donors (Lipinski definition) is 0. The molecule has 0 unspecified atom stereocenters. The fourth-order valence-electron chi connectivity index (χ4n) is 4.52. The number of amides is 2. The summed E-state index contributed by atoms with van der Waals surface area (Å²) in [6, 6.07) is 21.5. The minimum absolute atomic E-state index is 0.293. The summed E-state index contributed by atoms with van der Waals surface area (Å²) in [6.07, 6.45) is -0.927. The van der Waals surface area contributed by atoms with Crippen molar-refractivity contribution in [3.63, 3.8) is 0 Å². The van der Waals surface area contributed by atoms with Crippen LogP contribution in [-0.4, -0.2) is 39.1 Å². The zero-order valence-electron chi connectivity index (χ0n) is 19.0. The van der Waals surface area contributed by atoms with Crippen LogP contribution >= 0.6 is 11.6 Å². The van der Waals surface area contributed by atoms with Crippen LogP contribution in [0.3, 0.4) is 0 Å². The maximum absolute atomic E-state index is 13.7. The largest absolute Gasteiger partial charge is 0.497 e. The Bertz CT molecular complexity index is 1210. The number of anilines is 3. The van der Waals surface area contributed by atoms with Crippen LogP contribution in [0.1, 0.15) is 11.6 Å². The molecule has 174 valence electrons. The molecule has 0 spiro atoms. The van der Waals surface area contributed by atoms with E-state index in [2.05, 4.69) is 0 Å². The Kier molecular flexibility index (Phi) is 5.67. The molecule has 3 aromatic rings. The van der Waals surface area contributed by atoms with Crippen LogP contribution in [-0.2, 0) is 14.4 Å². The zero-order chi connectivity index (χ0) is 24.0. The highest BCUT2D eigenvalue weighted by Gasteiger charge is 2.60. The molecule has 3 atom stereocenters. The molecular weight excluding hydrogens is 454 g/mol. The van der Waals surface area contributed by atoms with E-state index in [1.165, 1.54) is 4.90 Å². The second-order valence-corrected chi connectivity index (χ2v) is 8.93. The number of benzene rings is 3. The third kappa shape index (κ3) is 3.67. The van der Waals surface area contributed by atoms with Gasteiger partial charge in [-0.2, -0.15) is 0 Å². The molecule has 0 radical (unpaired) electrons. The summed E-state index contributed by atoms with van der Waals surface area (Å²) >= 11 is 6.08. The van der Waals surface area contributed by atoms with Gasteiger partial charge in [-0.05, 0) is 66.2 Å². The molecule has 0 bridgehead atoms. The van der Waals surface area contributed by atoms with Gasteiger partial charge in [-0.15, -0.1) is 0 Å². The van der Waals surface area contributed by atoms with Gasteiger partial charge in [-0.3, -0.25) is 14.4 Å². The van der Waals surface area contributed by atoms with E-state index in [9.17, 15) is 9.59 Å². The van der Waals surface area contributed by atoms with Crippen molar-refractivity contribution >= 4 is 40.5 Å². The SMILES string of the molecule is COc1ccc(N2C(=O)[C@H]3[C@@H](ON(c4ccc(Cl)cc4)[C@H]3c3ccc(N(C)C)cc3)C2=O)cc1. The Morgan fingerprint density at radius 2 is 1.47 bits per heavy atom. The van der Waals surface area contributed by atoms with Gasteiger partial charge in [0.15, 0.2) is 6.10 Å². The molecule has 34 heavy (non-hydrogen) atoms. The minimum Gasteiger partial charge on any atom is -0.497 e. The first-order chi connectivity index (χ1) is 16.4. The summed E-state index contributed by atoms with van der Waals surface area (Å²) in [6.45, 7) is 0. The van der Waals surface area contributed by atoms with Gasteiger partial charge in [0, 0.05) is 24.8 Å². The molecule has 0 N–H and O–H groups in total. The first-order valence-corrected chi connectivity index (χ1v) is 11.3. The number of ether oxygens (including phenoxy) is 1. The number of carbonyl (C=O) groups excluding carboxylic acids is 2. The molecule has 3 aromatic carbocycles. The normalized spacial score (nSPS) is 21.7. The van der Waals surface area contributed by atoms with Crippen molar-refractivity contribution in [1.29, 1.82) is 0 Å². The van der Waals surface area contributed by atoms with Crippen molar-refractivity contribution in [2.24, 2.45) is 5.92 Å². The Morgan fingerprint density at radius 3 is 2.06 bits per heavy atom. The first-order valence-electron chi connectivity index (χ1n) is 10.9. The molecule has 5 rings (SSSR count). The van der Waals surface area contributed by atoms with Crippen molar-refractivity contribution in [3.05, 3.63) is 83.4 Å². The van der Waals surface area contributed by atoms with Crippen molar-refractivity contribution in [3.8, 4) is 5.75 Å². The van der Waals surface area contributed by atoms with E-state index in [1.807, 2.05) is 55.4 Å². The van der Waals surface area contributed by atoms with Gasteiger partial charge >= 0.3 is 0 Å². The molecule has 8 heteroatoms. The average molecular weight is 478 g/mol. The number of rotatable bonds is 5. The summed E-state index contributed by atoms with van der Waals surface area (Å²) in [4.78, 5) is 36.5. The molecule has 2 saturated heterocycles. The lowest BCUT2D eigenvalue weighted by molar-refractivity contribution is -0.126. The maximum Gasteiger partial charge on any atom is 0.266 e. The number of fused-ring (bicyclic) bond motifs is 1. The van der Waals surface area contributed by atoms with Gasteiger partial charge in [0.25, 0.3) is 5.91 Å². The fraction of sp³-hybridized carbons (Fsp3) is 0.231. The smallest absolute Gasteiger partial charge is 0.266 e. The first kappa shape index (κ1) is 22.3. The Balaban J connectivity index is 1.55. The fourth-order valence-corrected chi connectivity index (χ4v) is 4.65.